The standard InChI is InChI=1S/C21H23ClF3N5O2/c1-12-7-13(8-27-18(12)22)28-17(31)11-30-16(20(2,3)4)10-29(19(30)32)14-5-6-15(26-9-14)21(23,24)25/h5-9,16H,10-11H2,1-4H3,(H,28,31)/t16-/m1/s1. The highest BCUT2D eigenvalue weighted by Gasteiger charge is 2.44. The van der Waals surface area contributed by atoms with Gasteiger partial charge >= 0.3 is 12.2 Å². The molecule has 0 aliphatic carbocycles. The molecule has 1 fully saturated rings. The SMILES string of the molecule is Cc1cc(NC(=O)CN2C(=O)N(c3ccc(C(F)(F)F)nc3)C[C@@H]2C(C)(C)C)cnc1Cl. The molecule has 2 aromatic rings. The second-order valence-corrected chi connectivity index (χ2v) is 9.04. The number of nitrogens with one attached hydrogen (secondary N) is 1. The Morgan fingerprint density at radius 3 is 2.44 bits per heavy atom. The van der Waals surface area contributed by atoms with Gasteiger partial charge in [-0.1, -0.05) is 32.4 Å². The van der Waals surface area contributed by atoms with E-state index in [9.17, 15) is 22.8 Å². The Morgan fingerprint density at radius 2 is 1.91 bits per heavy atom. The molecule has 2 aromatic heterocycles. The zero-order valence-corrected chi connectivity index (χ0v) is 18.8. The number of alkyl halides is 3. The van der Waals surface area contributed by atoms with Crippen molar-refractivity contribution < 1.29 is 22.8 Å². The number of halogens is 4. The van der Waals surface area contributed by atoms with Crippen LogP contribution in [0.15, 0.2) is 30.6 Å². The van der Waals surface area contributed by atoms with Crippen LogP contribution in [0.4, 0.5) is 29.3 Å². The molecule has 0 aromatic carbocycles. The first-order valence-electron chi connectivity index (χ1n) is 9.81. The fraction of sp³-hybridized carbons (Fsp3) is 0.429. The first-order chi connectivity index (χ1) is 14.8. The van der Waals surface area contributed by atoms with Crippen molar-refractivity contribution in [2.45, 2.75) is 39.9 Å². The van der Waals surface area contributed by atoms with Crippen molar-refractivity contribution in [3.8, 4) is 0 Å². The predicted octanol–water partition coefficient (Wildman–Crippen LogP) is 4.75. The Balaban J connectivity index is 1.80. The minimum atomic E-state index is -4.57. The Hall–Kier alpha value is -2.88. The maximum Gasteiger partial charge on any atom is 0.433 e. The van der Waals surface area contributed by atoms with Crippen molar-refractivity contribution in [3.63, 3.8) is 0 Å². The summed E-state index contributed by atoms with van der Waals surface area (Å²) in [5.74, 6) is -0.427. The van der Waals surface area contributed by atoms with Crippen LogP contribution < -0.4 is 10.2 Å². The number of aryl methyl sites for hydroxylation is 1. The lowest BCUT2D eigenvalue weighted by Gasteiger charge is -2.33. The molecular weight excluding hydrogens is 447 g/mol. The topological polar surface area (TPSA) is 78.4 Å². The van der Waals surface area contributed by atoms with Crippen LogP contribution in [0.5, 0.6) is 0 Å². The van der Waals surface area contributed by atoms with Gasteiger partial charge < -0.3 is 10.2 Å². The number of anilines is 2. The highest BCUT2D eigenvalue weighted by Crippen LogP contribution is 2.34. The summed E-state index contributed by atoms with van der Waals surface area (Å²) in [7, 11) is 0. The van der Waals surface area contributed by atoms with Gasteiger partial charge in [0.1, 0.15) is 17.4 Å². The zero-order chi connectivity index (χ0) is 23.8. The van der Waals surface area contributed by atoms with E-state index in [4.69, 9.17) is 11.6 Å². The quantitative estimate of drug-likeness (QED) is 0.655. The first kappa shape index (κ1) is 23.8. The van der Waals surface area contributed by atoms with Gasteiger partial charge in [-0.15, -0.1) is 0 Å². The second-order valence-electron chi connectivity index (χ2n) is 8.68. The van der Waals surface area contributed by atoms with Crippen molar-refractivity contribution in [3.05, 3.63) is 47.0 Å². The fourth-order valence-corrected chi connectivity index (χ4v) is 3.57. The van der Waals surface area contributed by atoms with Crippen molar-refractivity contribution in [1.82, 2.24) is 14.9 Å². The summed E-state index contributed by atoms with van der Waals surface area (Å²) in [6, 6.07) is 2.87. The van der Waals surface area contributed by atoms with Gasteiger partial charge in [-0.3, -0.25) is 9.69 Å². The number of nitrogens with zero attached hydrogens (tertiary/aromatic N) is 4. The number of hydrogen-bond donors (Lipinski definition) is 1. The average molecular weight is 470 g/mol. The van der Waals surface area contributed by atoms with Crippen molar-refractivity contribution >= 4 is 34.9 Å². The smallest absolute Gasteiger partial charge is 0.323 e. The van der Waals surface area contributed by atoms with E-state index in [1.165, 1.54) is 22.1 Å². The third-order valence-corrected chi connectivity index (χ3v) is 5.57. The zero-order valence-electron chi connectivity index (χ0n) is 18.0. The minimum Gasteiger partial charge on any atom is -0.323 e. The molecule has 1 aliphatic heterocycles. The Kier molecular flexibility index (Phi) is 6.37. The van der Waals surface area contributed by atoms with E-state index in [0.29, 0.717) is 16.4 Å². The normalized spacial score (nSPS) is 17.1. The van der Waals surface area contributed by atoms with E-state index in [-0.39, 0.29) is 30.2 Å². The van der Waals surface area contributed by atoms with Crippen LogP contribution in [0.2, 0.25) is 5.15 Å². The number of pyridine rings is 2. The van der Waals surface area contributed by atoms with Gasteiger partial charge in [-0.2, -0.15) is 13.2 Å². The molecule has 1 atom stereocenters. The van der Waals surface area contributed by atoms with Crippen molar-refractivity contribution in [1.29, 1.82) is 0 Å². The van der Waals surface area contributed by atoms with Crippen LogP contribution in [-0.4, -0.2) is 45.9 Å². The number of rotatable bonds is 4. The van der Waals surface area contributed by atoms with Crippen LogP contribution in [0.25, 0.3) is 0 Å². The van der Waals surface area contributed by atoms with Gasteiger partial charge in [-0.05, 0) is 36.1 Å². The van der Waals surface area contributed by atoms with E-state index < -0.39 is 23.8 Å². The summed E-state index contributed by atoms with van der Waals surface area (Å²) in [6.07, 6.45) is -2.13. The van der Waals surface area contributed by atoms with E-state index >= 15 is 0 Å². The van der Waals surface area contributed by atoms with Crippen molar-refractivity contribution in [2.75, 3.05) is 23.3 Å². The highest BCUT2D eigenvalue weighted by molar-refractivity contribution is 6.30. The lowest BCUT2D eigenvalue weighted by Crippen LogP contribution is -2.46. The number of carbonyl (C=O) groups excluding carboxylic acids is 2. The van der Waals surface area contributed by atoms with E-state index in [0.717, 1.165) is 12.3 Å². The summed E-state index contributed by atoms with van der Waals surface area (Å²) in [4.78, 5) is 36.0. The van der Waals surface area contributed by atoms with E-state index in [1.54, 1.807) is 13.0 Å². The molecule has 7 nitrogen and oxygen atoms in total. The van der Waals surface area contributed by atoms with Crippen LogP contribution in [0.1, 0.15) is 32.0 Å². The number of carbonyl (C=O) groups is 2. The molecule has 3 heterocycles. The summed E-state index contributed by atoms with van der Waals surface area (Å²) in [5, 5.41) is 3.02. The van der Waals surface area contributed by atoms with Gasteiger partial charge in [0.2, 0.25) is 5.91 Å². The number of hydrogen-bond acceptors (Lipinski definition) is 4. The lowest BCUT2D eigenvalue weighted by molar-refractivity contribution is -0.141. The maximum atomic E-state index is 13.1. The highest BCUT2D eigenvalue weighted by atomic mass is 35.5. The molecule has 1 N–H and O–H groups in total. The Labute approximate surface area is 188 Å². The maximum absolute atomic E-state index is 13.1. The molecule has 0 spiro atoms. The molecule has 0 saturated carbocycles. The molecule has 1 aliphatic rings. The number of amides is 3. The summed E-state index contributed by atoms with van der Waals surface area (Å²) in [5.41, 5.74) is -0.0569. The molecule has 0 bridgehead atoms. The van der Waals surface area contributed by atoms with Crippen LogP contribution in [0.3, 0.4) is 0 Å². The molecule has 11 heteroatoms. The molecule has 172 valence electrons. The summed E-state index contributed by atoms with van der Waals surface area (Å²) < 4.78 is 38.4. The third kappa shape index (κ3) is 5.12. The number of aromatic nitrogens is 2. The molecule has 0 radical (unpaired) electrons. The van der Waals surface area contributed by atoms with Gasteiger partial charge in [0.05, 0.1) is 29.8 Å². The first-order valence-corrected chi connectivity index (χ1v) is 10.2. The molecular formula is C21H23ClF3N5O2. The molecule has 3 rings (SSSR count). The van der Waals surface area contributed by atoms with Crippen LogP contribution >= 0.6 is 11.6 Å². The van der Waals surface area contributed by atoms with E-state index in [1.807, 2.05) is 20.8 Å². The Morgan fingerprint density at radius 1 is 1.22 bits per heavy atom. The monoisotopic (exact) mass is 469 g/mol. The molecule has 32 heavy (non-hydrogen) atoms. The van der Waals surface area contributed by atoms with Gasteiger partial charge in [0.25, 0.3) is 0 Å². The summed E-state index contributed by atoms with van der Waals surface area (Å²) in [6.45, 7) is 7.52. The molecule has 0 unspecified atom stereocenters. The predicted molar refractivity (Wildman–Crippen MR) is 115 cm³/mol. The lowest BCUT2D eigenvalue weighted by atomic mass is 9.86. The van der Waals surface area contributed by atoms with Crippen molar-refractivity contribution in [2.24, 2.45) is 5.41 Å². The second kappa shape index (κ2) is 8.57. The Bertz CT molecular complexity index is 1020. The van der Waals surface area contributed by atoms with Gasteiger partial charge in [-0.25, -0.2) is 14.8 Å². The summed E-state index contributed by atoms with van der Waals surface area (Å²) >= 11 is 5.90. The molecule has 1 saturated heterocycles. The molecule has 3 amide bonds. The van der Waals surface area contributed by atoms with Crippen LogP contribution in [0, 0.1) is 12.3 Å². The van der Waals surface area contributed by atoms with Gasteiger partial charge in [0.15, 0.2) is 0 Å². The largest absolute Gasteiger partial charge is 0.433 e. The minimum absolute atomic E-state index is 0.213. The van der Waals surface area contributed by atoms with Gasteiger partial charge in [0, 0.05) is 6.54 Å². The van der Waals surface area contributed by atoms with Crippen LogP contribution in [-0.2, 0) is 11.0 Å². The number of urea groups is 1. The fourth-order valence-electron chi connectivity index (χ4n) is 3.47. The average Bonchev–Trinajstić information content (AvgIpc) is 3.01. The third-order valence-electron chi connectivity index (χ3n) is 5.17. The van der Waals surface area contributed by atoms with E-state index in [2.05, 4.69) is 15.3 Å².